The lowest BCUT2D eigenvalue weighted by molar-refractivity contribution is 0.576. The molecule has 18 heavy (non-hydrogen) atoms. The molecular formula is C13H25N5. The van der Waals surface area contributed by atoms with E-state index < -0.39 is 0 Å². The van der Waals surface area contributed by atoms with Crippen LogP contribution < -0.4 is 11.1 Å². The smallest absolute Gasteiger partial charge is 0.188 e. The van der Waals surface area contributed by atoms with Crippen LogP contribution >= 0.6 is 0 Å². The number of rotatable bonds is 6. The highest BCUT2D eigenvalue weighted by Crippen LogP contribution is 2.08. The van der Waals surface area contributed by atoms with E-state index in [0.717, 1.165) is 30.6 Å². The molecule has 0 aliphatic heterocycles. The molecular weight excluding hydrogens is 226 g/mol. The average Bonchev–Trinajstić information content (AvgIpc) is 2.66. The van der Waals surface area contributed by atoms with Crippen molar-refractivity contribution >= 4 is 5.96 Å². The highest BCUT2D eigenvalue weighted by Gasteiger charge is 2.04. The first-order chi connectivity index (χ1) is 8.52. The summed E-state index contributed by atoms with van der Waals surface area (Å²) in [5.41, 5.74) is 8.06. The average molecular weight is 251 g/mol. The van der Waals surface area contributed by atoms with Gasteiger partial charge in [-0.1, -0.05) is 20.8 Å². The molecule has 1 aromatic rings. The number of nitrogens with zero attached hydrogens (tertiary/aromatic N) is 3. The normalized spacial score (nSPS) is 12.2. The summed E-state index contributed by atoms with van der Waals surface area (Å²) in [6.45, 7) is 7.95. The van der Waals surface area contributed by atoms with Gasteiger partial charge in [0.2, 0.25) is 0 Å². The molecule has 0 fully saturated rings. The Morgan fingerprint density at radius 2 is 2.28 bits per heavy atom. The molecule has 0 saturated carbocycles. The Balaban J connectivity index is 2.46. The lowest BCUT2D eigenvalue weighted by Gasteiger charge is -2.07. The van der Waals surface area contributed by atoms with Crippen molar-refractivity contribution < 1.29 is 0 Å². The third kappa shape index (κ3) is 4.77. The summed E-state index contributed by atoms with van der Waals surface area (Å²) in [5.74, 6) is 1.19. The van der Waals surface area contributed by atoms with Crippen LogP contribution in [0.25, 0.3) is 0 Å². The van der Waals surface area contributed by atoms with Gasteiger partial charge in [0.15, 0.2) is 5.96 Å². The number of aryl methyl sites for hydroxylation is 2. The number of aliphatic imine (C=N–C) groups is 1. The Hall–Kier alpha value is -1.52. The van der Waals surface area contributed by atoms with Crippen LogP contribution in [0.15, 0.2) is 11.2 Å². The third-order valence-corrected chi connectivity index (χ3v) is 2.77. The van der Waals surface area contributed by atoms with E-state index in [1.165, 1.54) is 0 Å². The minimum atomic E-state index is 0.515. The molecule has 0 bridgehead atoms. The van der Waals surface area contributed by atoms with Crippen LogP contribution in [0.3, 0.4) is 0 Å². The highest BCUT2D eigenvalue weighted by atomic mass is 15.3. The first-order valence-electron chi connectivity index (χ1n) is 6.58. The van der Waals surface area contributed by atoms with Crippen molar-refractivity contribution in [3.8, 4) is 0 Å². The van der Waals surface area contributed by atoms with E-state index >= 15 is 0 Å². The largest absolute Gasteiger partial charge is 0.370 e. The summed E-state index contributed by atoms with van der Waals surface area (Å²) >= 11 is 0. The van der Waals surface area contributed by atoms with Crippen molar-refractivity contribution in [2.24, 2.45) is 23.7 Å². The van der Waals surface area contributed by atoms with Gasteiger partial charge in [-0.05, 0) is 18.8 Å². The first kappa shape index (κ1) is 14.5. The summed E-state index contributed by atoms with van der Waals surface area (Å²) in [6, 6.07) is 0. The van der Waals surface area contributed by atoms with Gasteiger partial charge in [-0.2, -0.15) is 5.10 Å². The number of nitrogens with one attached hydrogen (secondary N) is 1. The van der Waals surface area contributed by atoms with E-state index in [2.05, 4.69) is 36.2 Å². The topological polar surface area (TPSA) is 68.2 Å². The van der Waals surface area contributed by atoms with Crippen LogP contribution in [0.2, 0.25) is 0 Å². The molecule has 1 rings (SSSR count). The van der Waals surface area contributed by atoms with E-state index in [1.54, 1.807) is 0 Å². The number of hydrogen-bond donors (Lipinski definition) is 2. The lowest BCUT2D eigenvalue weighted by atomic mass is 10.1. The van der Waals surface area contributed by atoms with E-state index in [-0.39, 0.29) is 0 Å². The lowest BCUT2D eigenvalue weighted by Crippen LogP contribution is -2.32. The first-order valence-corrected chi connectivity index (χ1v) is 6.58. The number of hydrogen-bond acceptors (Lipinski definition) is 2. The molecule has 5 heteroatoms. The zero-order chi connectivity index (χ0) is 13.5. The molecule has 1 aromatic heterocycles. The molecule has 1 heterocycles. The van der Waals surface area contributed by atoms with Crippen LogP contribution in [-0.4, -0.2) is 22.3 Å². The van der Waals surface area contributed by atoms with Crippen LogP contribution in [0, 0.1) is 5.92 Å². The van der Waals surface area contributed by atoms with Gasteiger partial charge < -0.3 is 11.1 Å². The Morgan fingerprint density at radius 1 is 1.56 bits per heavy atom. The van der Waals surface area contributed by atoms with Crippen LogP contribution in [0.5, 0.6) is 0 Å². The van der Waals surface area contributed by atoms with Crippen LogP contribution in [0.4, 0.5) is 0 Å². The van der Waals surface area contributed by atoms with Gasteiger partial charge in [-0.3, -0.25) is 4.68 Å². The van der Waals surface area contributed by atoms with Crippen molar-refractivity contribution in [2.45, 2.75) is 40.2 Å². The van der Waals surface area contributed by atoms with Gasteiger partial charge >= 0.3 is 0 Å². The van der Waals surface area contributed by atoms with E-state index in [9.17, 15) is 0 Å². The van der Waals surface area contributed by atoms with Gasteiger partial charge in [-0.15, -0.1) is 0 Å². The van der Waals surface area contributed by atoms with Gasteiger partial charge in [0.05, 0.1) is 12.2 Å². The predicted octanol–water partition coefficient (Wildman–Crippen LogP) is 1.43. The van der Waals surface area contributed by atoms with E-state index in [1.807, 2.05) is 17.9 Å². The SMILES string of the molecule is CCc1nn(C)cc1CN=C(N)NCCC(C)C. The second kappa shape index (κ2) is 7.03. The molecule has 3 N–H and O–H groups in total. The third-order valence-electron chi connectivity index (χ3n) is 2.77. The van der Waals surface area contributed by atoms with Gasteiger partial charge in [0, 0.05) is 25.4 Å². The van der Waals surface area contributed by atoms with Gasteiger partial charge in [0.25, 0.3) is 0 Å². The zero-order valence-electron chi connectivity index (χ0n) is 11.9. The summed E-state index contributed by atoms with van der Waals surface area (Å²) in [7, 11) is 1.93. The van der Waals surface area contributed by atoms with Crippen molar-refractivity contribution in [3.63, 3.8) is 0 Å². The predicted molar refractivity (Wildman–Crippen MR) is 75.4 cm³/mol. The standard InChI is InChI=1S/C13H25N5/c1-5-12-11(9-18(4)17-12)8-16-13(14)15-7-6-10(2)3/h9-10H,5-8H2,1-4H3,(H3,14,15,16). The van der Waals surface area contributed by atoms with Gasteiger partial charge in [-0.25, -0.2) is 4.99 Å². The number of aromatic nitrogens is 2. The second-order valence-electron chi connectivity index (χ2n) is 4.94. The Bertz CT molecular complexity index is 392. The molecule has 0 spiro atoms. The van der Waals surface area contributed by atoms with Crippen molar-refractivity contribution in [1.29, 1.82) is 0 Å². The number of guanidine groups is 1. The van der Waals surface area contributed by atoms with Crippen molar-refractivity contribution in [2.75, 3.05) is 6.54 Å². The Morgan fingerprint density at radius 3 is 2.89 bits per heavy atom. The summed E-state index contributed by atoms with van der Waals surface area (Å²) in [6.07, 6.45) is 4.03. The highest BCUT2D eigenvalue weighted by molar-refractivity contribution is 5.77. The maximum atomic E-state index is 5.82. The maximum Gasteiger partial charge on any atom is 0.188 e. The summed E-state index contributed by atoms with van der Waals surface area (Å²) < 4.78 is 1.83. The van der Waals surface area contributed by atoms with E-state index in [4.69, 9.17) is 5.73 Å². The summed E-state index contributed by atoms with van der Waals surface area (Å²) in [4.78, 5) is 4.34. The van der Waals surface area contributed by atoms with Crippen LogP contribution in [0.1, 0.15) is 38.4 Å². The molecule has 102 valence electrons. The fourth-order valence-corrected chi connectivity index (χ4v) is 1.73. The fourth-order valence-electron chi connectivity index (χ4n) is 1.73. The molecule has 0 unspecified atom stereocenters. The molecule has 0 aromatic carbocycles. The van der Waals surface area contributed by atoms with Crippen molar-refractivity contribution in [1.82, 2.24) is 15.1 Å². The molecule has 0 amide bonds. The quantitative estimate of drug-likeness (QED) is 0.593. The molecule has 0 aliphatic carbocycles. The van der Waals surface area contributed by atoms with E-state index in [0.29, 0.717) is 18.4 Å². The molecule has 0 aliphatic rings. The minimum absolute atomic E-state index is 0.515. The summed E-state index contributed by atoms with van der Waals surface area (Å²) in [5, 5.41) is 7.51. The molecule has 5 nitrogen and oxygen atoms in total. The van der Waals surface area contributed by atoms with Crippen LogP contribution in [-0.2, 0) is 20.0 Å². The molecule has 0 radical (unpaired) electrons. The fraction of sp³-hybridized carbons (Fsp3) is 0.692. The van der Waals surface area contributed by atoms with Crippen molar-refractivity contribution in [3.05, 3.63) is 17.5 Å². The second-order valence-corrected chi connectivity index (χ2v) is 4.94. The minimum Gasteiger partial charge on any atom is -0.370 e. The number of nitrogens with two attached hydrogens (primary N) is 1. The maximum absolute atomic E-state index is 5.82. The monoisotopic (exact) mass is 251 g/mol. The Kier molecular flexibility index (Phi) is 5.68. The zero-order valence-corrected chi connectivity index (χ0v) is 11.9. The molecule has 0 atom stereocenters. The van der Waals surface area contributed by atoms with Gasteiger partial charge in [0.1, 0.15) is 0 Å². The Labute approximate surface area is 109 Å². The molecule has 0 saturated heterocycles.